The molecule has 0 aliphatic rings. The monoisotopic (exact) mass is 274 g/mol. The molecule has 1 atom stereocenters. The summed E-state index contributed by atoms with van der Waals surface area (Å²) in [6, 6.07) is 5.09. The molecule has 0 bridgehead atoms. The summed E-state index contributed by atoms with van der Waals surface area (Å²) in [5.41, 5.74) is 2.60. The SMILES string of the molecule is CCn1cc(C(C)Nc2cccc([N+](=O)[O-])c2C)cn1. The predicted octanol–water partition coefficient (Wildman–Crippen LogP) is 3.29. The van der Waals surface area contributed by atoms with Gasteiger partial charge in [-0.15, -0.1) is 0 Å². The van der Waals surface area contributed by atoms with Crippen molar-refractivity contribution in [1.82, 2.24) is 9.78 Å². The first-order valence-corrected chi connectivity index (χ1v) is 6.55. The molecule has 1 aromatic heterocycles. The van der Waals surface area contributed by atoms with Gasteiger partial charge in [-0.25, -0.2) is 0 Å². The summed E-state index contributed by atoms with van der Waals surface area (Å²) < 4.78 is 1.85. The topological polar surface area (TPSA) is 73.0 Å². The van der Waals surface area contributed by atoms with E-state index in [1.165, 1.54) is 6.07 Å². The number of aromatic nitrogens is 2. The number of aryl methyl sites for hydroxylation is 1. The van der Waals surface area contributed by atoms with Gasteiger partial charge in [0, 0.05) is 35.6 Å². The van der Waals surface area contributed by atoms with Crippen molar-refractivity contribution in [3.63, 3.8) is 0 Å². The van der Waals surface area contributed by atoms with Crippen LogP contribution in [-0.4, -0.2) is 14.7 Å². The van der Waals surface area contributed by atoms with Gasteiger partial charge in [-0.1, -0.05) is 6.07 Å². The van der Waals surface area contributed by atoms with Crippen molar-refractivity contribution in [2.75, 3.05) is 5.32 Å². The highest BCUT2D eigenvalue weighted by atomic mass is 16.6. The summed E-state index contributed by atoms with van der Waals surface area (Å²) in [5, 5.41) is 18.5. The number of rotatable bonds is 5. The van der Waals surface area contributed by atoms with Gasteiger partial charge < -0.3 is 5.32 Å². The van der Waals surface area contributed by atoms with Gasteiger partial charge in [-0.05, 0) is 26.8 Å². The zero-order valence-electron chi connectivity index (χ0n) is 11.8. The highest BCUT2D eigenvalue weighted by Crippen LogP contribution is 2.28. The summed E-state index contributed by atoms with van der Waals surface area (Å²) in [6.07, 6.45) is 3.79. The molecule has 0 aliphatic carbocycles. The van der Waals surface area contributed by atoms with E-state index in [-0.39, 0.29) is 16.7 Å². The van der Waals surface area contributed by atoms with Crippen LogP contribution >= 0.6 is 0 Å². The molecule has 0 radical (unpaired) electrons. The molecule has 0 spiro atoms. The van der Waals surface area contributed by atoms with Crippen molar-refractivity contribution in [3.05, 3.63) is 51.8 Å². The number of nitro groups is 1. The van der Waals surface area contributed by atoms with Crippen molar-refractivity contribution in [2.24, 2.45) is 0 Å². The molecule has 6 heteroatoms. The van der Waals surface area contributed by atoms with Crippen LogP contribution < -0.4 is 5.32 Å². The average Bonchev–Trinajstić information content (AvgIpc) is 2.89. The molecule has 1 unspecified atom stereocenters. The van der Waals surface area contributed by atoms with Crippen LogP contribution in [0.3, 0.4) is 0 Å². The summed E-state index contributed by atoms with van der Waals surface area (Å²) in [5.74, 6) is 0. The number of nitrogens with one attached hydrogen (secondary N) is 1. The zero-order chi connectivity index (χ0) is 14.7. The Labute approximate surface area is 117 Å². The van der Waals surface area contributed by atoms with Crippen LogP contribution in [0.2, 0.25) is 0 Å². The van der Waals surface area contributed by atoms with E-state index < -0.39 is 0 Å². The molecule has 20 heavy (non-hydrogen) atoms. The fraction of sp³-hybridized carbons (Fsp3) is 0.357. The molecule has 2 rings (SSSR count). The highest BCUT2D eigenvalue weighted by Gasteiger charge is 2.15. The van der Waals surface area contributed by atoms with Gasteiger partial charge in [0.25, 0.3) is 5.69 Å². The molecule has 1 N–H and O–H groups in total. The third-order valence-corrected chi connectivity index (χ3v) is 3.35. The molecule has 106 valence electrons. The summed E-state index contributed by atoms with van der Waals surface area (Å²) in [4.78, 5) is 10.6. The van der Waals surface area contributed by atoms with Gasteiger partial charge in [0.05, 0.1) is 17.2 Å². The Morgan fingerprint density at radius 2 is 2.25 bits per heavy atom. The van der Waals surface area contributed by atoms with Gasteiger partial charge in [0.2, 0.25) is 0 Å². The van der Waals surface area contributed by atoms with Gasteiger partial charge in [0.15, 0.2) is 0 Å². The normalized spacial score (nSPS) is 12.2. The second-order valence-electron chi connectivity index (χ2n) is 4.70. The Kier molecular flexibility index (Phi) is 4.02. The first-order valence-electron chi connectivity index (χ1n) is 6.55. The summed E-state index contributed by atoms with van der Waals surface area (Å²) >= 11 is 0. The Morgan fingerprint density at radius 3 is 2.85 bits per heavy atom. The Bertz CT molecular complexity index is 621. The lowest BCUT2D eigenvalue weighted by Gasteiger charge is -2.15. The van der Waals surface area contributed by atoms with E-state index in [9.17, 15) is 10.1 Å². The molecule has 0 fully saturated rings. The van der Waals surface area contributed by atoms with E-state index in [4.69, 9.17) is 0 Å². The van der Waals surface area contributed by atoms with E-state index in [2.05, 4.69) is 10.4 Å². The van der Waals surface area contributed by atoms with Gasteiger partial charge in [0.1, 0.15) is 0 Å². The molecular weight excluding hydrogens is 256 g/mol. The van der Waals surface area contributed by atoms with Gasteiger partial charge in [-0.2, -0.15) is 5.10 Å². The Hall–Kier alpha value is -2.37. The van der Waals surface area contributed by atoms with E-state index in [1.807, 2.05) is 37.0 Å². The third kappa shape index (κ3) is 2.79. The maximum Gasteiger partial charge on any atom is 0.274 e. The molecular formula is C14H18N4O2. The van der Waals surface area contributed by atoms with Gasteiger partial charge in [-0.3, -0.25) is 14.8 Å². The highest BCUT2D eigenvalue weighted by molar-refractivity contribution is 5.60. The minimum absolute atomic E-state index is 0.0380. The first kappa shape index (κ1) is 14.0. The molecule has 0 aliphatic heterocycles. The number of anilines is 1. The number of nitrogens with zero attached hydrogens (tertiary/aromatic N) is 3. The minimum Gasteiger partial charge on any atom is -0.378 e. The molecule has 1 heterocycles. The largest absolute Gasteiger partial charge is 0.378 e. The van der Waals surface area contributed by atoms with Crippen molar-refractivity contribution in [3.8, 4) is 0 Å². The lowest BCUT2D eigenvalue weighted by molar-refractivity contribution is -0.385. The van der Waals surface area contributed by atoms with E-state index in [0.717, 1.165) is 17.8 Å². The molecule has 6 nitrogen and oxygen atoms in total. The predicted molar refractivity (Wildman–Crippen MR) is 77.8 cm³/mol. The minimum atomic E-state index is -0.361. The van der Waals surface area contributed by atoms with Crippen LogP contribution in [0.25, 0.3) is 0 Å². The van der Waals surface area contributed by atoms with Crippen molar-refractivity contribution in [2.45, 2.75) is 33.4 Å². The average molecular weight is 274 g/mol. The maximum atomic E-state index is 10.9. The van der Waals surface area contributed by atoms with Crippen LogP contribution in [-0.2, 0) is 6.54 Å². The van der Waals surface area contributed by atoms with Crippen LogP contribution in [0, 0.1) is 17.0 Å². The smallest absolute Gasteiger partial charge is 0.274 e. The molecule has 0 amide bonds. The van der Waals surface area contributed by atoms with Crippen LogP contribution in [0.4, 0.5) is 11.4 Å². The van der Waals surface area contributed by atoms with Crippen molar-refractivity contribution in [1.29, 1.82) is 0 Å². The lowest BCUT2D eigenvalue weighted by atomic mass is 10.1. The second kappa shape index (κ2) is 5.73. The fourth-order valence-electron chi connectivity index (χ4n) is 2.07. The Balaban J connectivity index is 2.21. The summed E-state index contributed by atoms with van der Waals surface area (Å²) in [7, 11) is 0. The fourth-order valence-corrected chi connectivity index (χ4v) is 2.07. The van der Waals surface area contributed by atoms with E-state index in [1.54, 1.807) is 13.0 Å². The number of hydrogen-bond donors (Lipinski definition) is 1. The first-order chi connectivity index (χ1) is 9.52. The second-order valence-corrected chi connectivity index (χ2v) is 4.70. The maximum absolute atomic E-state index is 10.9. The number of hydrogen-bond acceptors (Lipinski definition) is 4. The van der Waals surface area contributed by atoms with Gasteiger partial charge >= 0.3 is 0 Å². The Morgan fingerprint density at radius 1 is 1.50 bits per heavy atom. The standard InChI is InChI=1S/C14H18N4O2/c1-4-17-9-12(8-15-17)11(3)16-13-6-5-7-14(10(13)2)18(19)20/h5-9,11,16H,4H2,1-3H3. The lowest BCUT2D eigenvalue weighted by Crippen LogP contribution is -2.08. The van der Waals surface area contributed by atoms with Crippen LogP contribution in [0.5, 0.6) is 0 Å². The van der Waals surface area contributed by atoms with Crippen molar-refractivity contribution < 1.29 is 4.92 Å². The van der Waals surface area contributed by atoms with Crippen molar-refractivity contribution >= 4 is 11.4 Å². The van der Waals surface area contributed by atoms with E-state index >= 15 is 0 Å². The zero-order valence-corrected chi connectivity index (χ0v) is 11.8. The van der Waals surface area contributed by atoms with Crippen LogP contribution in [0.15, 0.2) is 30.6 Å². The van der Waals surface area contributed by atoms with Crippen LogP contribution in [0.1, 0.15) is 31.0 Å². The van der Waals surface area contributed by atoms with E-state index in [0.29, 0.717) is 5.56 Å². The molecule has 0 saturated carbocycles. The molecule has 1 aromatic carbocycles. The number of benzene rings is 1. The quantitative estimate of drug-likeness (QED) is 0.670. The third-order valence-electron chi connectivity index (χ3n) is 3.35. The summed E-state index contributed by atoms with van der Waals surface area (Å²) in [6.45, 7) is 6.61. The molecule has 0 saturated heterocycles. The number of nitro benzene ring substituents is 1. The molecule has 2 aromatic rings.